The largest absolute Gasteiger partial charge is 0.491 e. The van der Waals surface area contributed by atoms with Gasteiger partial charge in [0.05, 0.1) is 4.90 Å². The minimum atomic E-state index is -3.25. The Bertz CT molecular complexity index is 606. The highest BCUT2D eigenvalue weighted by Gasteiger charge is 2.49. The molecule has 0 bridgehead atoms. The molecule has 1 aliphatic carbocycles. The van der Waals surface area contributed by atoms with Crippen LogP contribution in [0, 0.1) is 5.92 Å². The van der Waals surface area contributed by atoms with Crippen LogP contribution in [0.3, 0.4) is 0 Å². The number of hydrogen-bond acceptors (Lipinski definition) is 5. The predicted octanol–water partition coefficient (Wildman–Crippen LogP) is 0.661. The lowest BCUT2D eigenvalue weighted by molar-refractivity contribution is -0.145. The quantitative estimate of drug-likeness (QED) is 0.799. The fourth-order valence-corrected chi connectivity index (χ4v) is 2.57. The highest BCUT2D eigenvalue weighted by atomic mass is 32.2. The Morgan fingerprint density at radius 1 is 1.40 bits per heavy atom. The second kappa shape index (κ2) is 5.06. The van der Waals surface area contributed by atoms with Gasteiger partial charge in [-0.05, 0) is 43.0 Å². The molecule has 20 heavy (non-hydrogen) atoms. The van der Waals surface area contributed by atoms with Crippen LogP contribution in [-0.2, 0) is 14.6 Å². The first-order chi connectivity index (χ1) is 9.23. The first-order valence-corrected chi connectivity index (χ1v) is 8.08. The van der Waals surface area contributed by atoms with Gasteiger partial charge in [0.15, 0.2) is 15.4 Å². The van der Waals surface area contributed by atoms with E-state index in [1.165, 1.54) is 24.3 Å². The number of carboxylic acids is 1. The molecular formula is C13H17NO5S. The normalized spacial score (nSPS) is 18.3. The zero-order valence-electron chi connectivity index (χ0n) is 11.1. The topological polar surface area (TPSA) is 107 Å². The summed E-state index contributed by atoms with van der Waals surface area (Å²) in [4.78, 5) is 11.4. The third kappa shape index (κ3) is 3.10. The fraction of sp³-hybridized carbons (Fsp3) is 0.462. The zero-order chi connectivity index (χ0) is 15.0. The van der Waals surface area contributed by atoms with Crippen LogP contribution < -0.4 is 10.5 Å². The Morgan fingerprint density at radius 3 is 2.35 bits per heavy atom. The van der Waals surface area contributed by atoms with Crippen LogP contribution in [0.15, 0.2) is 29.2 Å². The summed E-state index contributed by atoms with van der Waals surface area (Å²) in [6, 6.07) is 5.82. The first kappa shape index (κ1) is 14.8. The van der Waals surface area contributed by atoms with E-state index in [-0.39, 0.29) is 17.4 Å². The van der Waals surface area contributed by atoms with Gasteiger partial charge in [0.2, 0.25) is 0 Å². The molecule has 0 amide bonds. The van der Waals surface area contributed by atoms with Gasteiger partial charge in [0, 0.05) is 6.26 Å². The Hall–Kier alpha value is -1.60. The Balaban J connectivity index is 2.05. The number of benzene rings is 1. The molecule has 0 spiro atoms. The van der Waals surface area contributed by atoms with Gasteiger partial charge in [-0.3, -0.25) is 4.79 Å². The number of carboxylic acid groups (broad SMARTS) is 1. The van der Waals surface area contributed by atoms with Crippen molar-refractivity contribution < 1.29 is 23.1 Å². The molecule has 0 aromatic heterocycles. The maximum absolute atomic E-state index is 11.3. The van der Waals surface area contributed by atoms with Gasteiger partial charge in [-0.25, -0.2) is 8.42 Å². The van der Waals surface area contributed by atoms with Crippen molar-refractivity contribution in [2.45, 2.75) is 23.3 Å². The van der Waals surface area contributed by atoms with Crippen molar-refractivity contribution in [3.63, 3.8) is 0 Å². The van der Waals surface area contributed by atoms with E-state index in [0.717, 1.165) is 19.1 Å². The lowest BCUT2D eigenvalue weighted by Gasteiger charge is -2.24. The molecule has 1 unspecified atom stereocenters. The summed E-state index contributed by atoms with van der Waals surface area (Å²) in [6.07, 6.45) is 2.70. The first-order valence-electron chi connectivity index (χ1n) is 6.19. The van der Waals surface area contributed by atoms with E-state index < -0.39 is 21.3 Å². The third-order valence-corrected chi connectivity index (χ3v) is 4.56. The molecule has 1 aromatic carbocycles. The molecule has 7 heteroatoms. The summed E-state index contributed by atoms with van der Waals surface area (Å²) in [5.74, 6) is -0.739. The van der Waals surface area contributed by atoms with E-state index in [2.05, 4.69) is 0 Å². The van der Waals surface area contributed by atoms with Crippen molar-refractivity contribution >= 4 is 15.8 Å². The maximum atomic E-state index is 11.3. The Kier molecular flexibility index (Phi) is 3.75. The number of nitrogens with two attached hydrogens (primary N) is 1. The Morgan fingerprint density at radius 2 is 1.95 bits per heavy atom. The minimum Gasteiger partial charge on any atom is -0.491 e. The van der Waals surface area contributed by atoms with Crippen molar-refractivity contribution in [1.82, 2.24) is 0 Å². The van der Waals surface area contributed by atoms with Crippen LogP contribution in [0.1, 0.15) is 12.8 Å². The van der Waals surface area contributed by atoms with Crippen LogP contribution in [0.25, 0.3) is 0 Å². The molecule has 0 heterocycles. The number of sulfone groups is 1. The highest BCUT2D eigenvalue weighted by Crippen LogP contribution is 2.38. The lowest BCUT2D eigenvalue weighted by Crippen LogP contribution is -2.54. The van der Waals surface area contributed by atoms with Crippen LogP contribution in [-0.4, -0.2) is 37.9 Å². The summed E-state index contributed by atoms with van der Waals surface area (Å²) in [7, 11) is -3.25. The van der Waals surface area contributed by atoms with Gasteiger partial charge < -0.3 is 15.6 Å². The van der Waals surface area contributed by atoms with Crippen molar-refractivity contribution in [3.8, 4) is 5.75 Å². The molecule has 3 N–H and O–H groups in total. The second-order valence-electron chi connectivity index (χ2n) is 5.15. The van der Waals surface area contributed by atoms with Gasteiger partial charge in [-0.2, -0.15) is 0 Å². The van der Waals surface area contributed by atoms with E-state index in [1.807, 2.05) is 0 Å². The molecule has 6 nitrogen and oxygen atoms in total. The molecular weight excluding hydrogens is 282 g/mol. The predicted molar refractivity (Wildman–Crippen MR) is 72.3 cm³/mol. The van der Waals surface area contributed by atoms with Crippen molar-refractivity contribution in [2.75, 3.05) is 12.9 Å². The number of aliphatic carboxylic acids is 1. The zero-order valence-corrected chi connectivity index (χ0v) is 11.9. The van der Waals surface area contributed by atoms with Crippen LogP contribution in [0.2, 0.25) is 0 Å². The molecule has 0 aliphatic heterocycles. The van der Waals surface area contributed by atoms with E-state index in [1.54, 1.807) is 0 Å². The lowest BCUT2D eigenvalue weighted by atomic mass is 9.96. The average molecular weight is 299 g/mol. The molecule has 1 fully saturated rings. The molecule has 1 saturated carbocycles. The average Bonchev–Trinajstić information content (AvgIpc) is 3.19. The summed E-state index contributed by atoms with van der Waals surface area (Å²) in [5, 5.41) is 9.19. The third-order valence-electron chi connectivity index (χ3n) is 3.43. The smallest absolute Gasteiger partial charge is 0.327 e. The SMILES string of the molecule is CS(=O)(=O)c1ccc(OCC(N)(C(=O)O)C2CC2)cc1. The van der Waals surface area contributed by atoms with E-state index >= 15 is 0 Å². The van der Waals surface area contributed by atoms with E-state index in [0.29, 0.717) is 5.75 Å². The molecule has 2 rings (SSSR count). The van der Waals surface area contributed by atoms with Gasteiger partial charge in [0.1, 0.15) is 12.4 Å². The molecule has 1 aromatic rings. The summed E-state index contributed by atoms with van der Waals surface area (Å²) >= 11 is 0. The van der Waals surface area contributed by atoms with E-state index in [4.69, 9.17) is 10.5 Å². The van der Waals surface area contributed by atoms with Crippen LogP contribution >= 0.6 is 0 Å². The summed E-state index contributed by atoms with van der Waals surface area (Å²) < 4.78 is 28.0. The second-order valence-corrected chi connectivity index (χ2v) is 7.17. The summed E-state index contributed by atoms with van der Waals surface area (Å²) in [5.41, 5.74) is 4.49. The number of carbonyl (C=O) groups is 1. The molecule has 1 atom stereocenters. The van der Waals surface area contributed by atoms with Crippen molar-refractivity contribution in [3.05, 3.63) is 24.3 Å². The van der Waals surface area contributed by atoms with E-state index in [9.17, 15) is 18.3 Å². The molecule has 1 aliphatic rings. The number of rotatable bonds is 6. The number of ether oxygens (including phenoxy) is 1. The highest BCUT2D eigenvalue weighted by molar-refractivity contribution is 7.90. The monoisotopic (exact) mass is 299 g/mol. The summed E-state index contributed by atoms with van der Waals surface area (Å²) in [6.45, 7) is -0.134. The maximum Gasteiger partial charge on any atom is 0.327 e. The van der Waals surface area contributed by atoms with Crippen molar-refractivity contribution in [2.24, 2.45) is 11.7 Å². The molecule has 0 saturated heterocycles. The van der Waals surface area contributed by atoms with Gasteiger partial charge in [0.25, 0.3) is 0 Å². The fourth-order valence-electron chi connectivity index (χ4n) is 1.94. The Labute approximate surface area is 117 Å². The van der Waals surface area contributed by atoms with Crippen LogP contribution in [0.5, 0.6) is 5.75 Å². The minimum absolute atomic E-state index is 0.0599. The van der Waals surface area contributed by atoms with Crippen molar-refractivity contribution in [1.29, 1.82) is 0 Å². The van der Waals surface area contributed by atoms with Gasteiger partial charge in [-0.15, -0.1) is 0 Å². The molecule has 110 valence electrons. The van der Waals surface area contributed by atoms with Gasteiger partial charge in [-0.1, -0.05) is 0 Å². The van der Waals surface area contributed by atoms with Crippen LogP contribution in [0.4, 0.5) is 0 Å². The molecule has 0 radical (unpaired) electrons. The van der Waals surface area contributed by atoms with Gasteiger partial charge >= 0.3 is 5.97 Å². The number of hydrogen-bond donors (Lipinski definition) is 2. The standard InChI is InChI=1S/C13H17NO5S/c1-20(17,18)11-6-4-10(5-7-11)19-8-13(14,12(15)16)9-2-3-9/h4-7,9H,2-3,8,14H2,1H3,(H,15,16).